The zero-order chi connectivity index (χ0) is 16.5. The van der Waals surface area contributed by atoms with E-state index in [2.05, 4.69) is 42.5 Å². The minimum Gasteiger partial charge on any atom is -0.361 e. The number of H-pyrrole nitrogens is 2. The molecule has 6 nitrogen and oxygen atoms in total. The lowest BCUT2D eigenvalue weighted by atomic mass is 10.1. The van der Waals surface area contributed by atoms with Crippen LogP contribution in [0.4, 0.5) is 0 Å². The van der Waals surface area contributed by atoms with Crippen molar-refractivity contribution < 1.29 is 4.79 Å². The summed E-state index contributed by atoms with van der Waals surface area (Å²) in [6.45, 7) is 2.20. The first-order chi connectivity index (χ1) is 11.7. The summed E-state index contributed by atoms with van der Waals surface area (Å²) < 4.78 is 1.02. The number of piperazine rings is 1. The van der Waals surface area contributed by atoms with Gasteiger partial charge < -0.3 is 15.2 Å². The average molecular weight is 388 g/mol. The highest BCUT2D eigenvalue weighted by Gasteiger charge is 2.25. The summed E-state index contributed by atoms with van der Waals surface area (Å²) in [7, 11) is 0. The maximum absolute atomic E-state index is 12.8. The number of carbonyl (C=O) groups excluding carboxylic acids is 1. The van der Waals surface area contributed by atoms with E-state index in [-0.39, 0.29) is 11.9 Å². The SMILES string of the molecule is O=C(Cc1c[nH]c2ccc(Br)cc12)N1CCNC(c2cn[nH]c2)C1. The molecule has 1 amide bonds. The number of amides is 1. The fourth-order valence-corrected chi connectivity index (χ4v) is 3.58. The molecule has 1 aromatic carbocycles. The minimum absolute atomic E-state index is 0.138. The zero-order valence-corrected chi connectivity index (χ0v) is 14.6. The Labute approximate surface area is 147 Å². The van der Waals surface area contributed by atoms with Gasteiger partial charge in [0.25, 0.3) is 0 Å². The molecule has 1 fully saturated rings. The number of nitrogens with one attached hydrogen (secondary N) is 3. The predicted octanol–water partition coefficient (Wildman–Crippen LogP) is 2.37. The van der Waals surface area contributed by atoms with Gasteiger partial charge in [0, 0.05) is 53.0 Å². The highest BCUT2D eigenvalue weighted by molar-refractivity contribution is 9.10. The lowest BCUT2D eigenvalue weighted by molar-refractivity contribution is -0.131. The van der Waals surface area contributed by atoms with Crippen LogP contribution in [0.5, 0.6) is 0 Å². The van der Waals surface area contributed by atoms with Gasteiger partial charge in [-0.15, -0.1) is 0 Å². The highest BCUT2D eigenvalue weighted by atomic mass is 79.9. The van der Waals surface area contributed by atoms with Crippen molar-refractivity contribution in [2.75, 3.05) is 19.6 Å². The van der Waals surface area contributed by atoms with E-state index in [4.69, 9.17) is 0 Å². The lowest BCUT2D eigenvalue weighted by Gasteiger charge is -2.33. The third-order valence-corrected chi connectivity index (χ3v) is 5.01. The van der Waals surface area contributed by atoms with Gasteiger partial charge in [-0.3, -0.25) is 9.89 Å². The van der Waals surface area contributed by atoms with Gasteiger partial charge in [-0.05, 0) is 23.8 Å². The predicted molar refractivity (Wildman–Crippen MR) is 95.6 cm³/mol. The molecule has 0 radical (unpaired) electrons. The minimum atomic E-state index is 0.138. The molecule has 0 aliphatic carbocycles. The lowest BCUT2D eigenvalue weighted by Crippen LogP contribution is -2.48. The number of aromatic amines is 2. The molecule has 3 heterocycles. The number of nitrogens with zero attached hydrogens (tertiary/aromatic N) is 2. The molecular formula is C17H18BrN5O. The van der Waals surface area contributed by atoms with Crippen molar-refractivity contribution in [1.82, 2.24) is 25.4 Å². The van der Waals surface area contributed by atoms with E-state index < -0.39 is 0 Å². The molecule has 3 aromatic rings. The number of halogens is 1. The second-order valence-corrected chi connectivity index (χ2v) is 6.97. The van der Waals surface area contributed by atoms with Gasteiger partial charge in [0.05, 0.1) is 18.7 Å². The van der Waals surface area contributed by atoms with Gasteiger partial charge in [-0.25, -0.2) is 0 Å². The van der Waals surface area contributed by atoms with Crippen LogP contribution >= 0.6 is 15.9 Å². The van der Waals surface area contributed by atoms with Crippen LogP contribution in [0.1, 0.15) is 17.2 Å². The number of hydrogen-bond donors (Lipinski definition) is 3. The Morgan fingerprint density at radius 1 is 1.38 bits per heavy atom. The largest absolute Gasteiger partial charge is 0.361 e. The van der Waals surface area contributed by atoms with Crippen molar-refractivity contribution in [3.8, 4) is 0 Å². The number of hydrogen-bond acceptors (Lipinski definition) is 3. The van der Waals surface area contributed by atoms with Crippen LogP contribution < -0.4 is 5.32 Å². The van der Waals surface area contributed by atoms with E-state index in [9.17, 15) is 4.79 Å². The van der Waals surface area contributed by atoms with E-state index in [0.29, 0.717) is 13.0 Å². The summed E-state index contributed by atoms with van der Waals surface area (Å²) in [5, 5.41) is 11.4. The normalized spacial score (nSPS) is 18.2. The second-order valence-electron chi connectivity index (χ2n) is 6.06. The van der Waals surface area contributed by atoms with Crippen molar-refractivity contribution in [2.24, 2.45) is 0 Å². The Balaban J connectivity index is 1.50. The summed E-state index contributed by atoms with van der Waals surface area (Å²) >= 11 is 3.50. The molecule has 124 valence electrons. The quantitative estimate of drug-likeness (QED) is 0.645. The van der Waals surface area contributed by atoms with E-state index in [1.54, 1.807) is 0 Å². The van der Waals surface area contributed by atoms with Gasteiger partial charge >= 0.3 is 0 Å². The van der Waals surface area contributed by atoms with E-state index in [1.807, 2.05) is 35.6 Å². The summed E-state index contributed by atoms with van der Waals surface area (Å²) in [5.41, 5.74) is 3.18. The first kappa shape index (κ1) is 15.4. The van der Waals surface area contributed by atoms with E-state index >= 15 is 0 Å². The van der Waals surface area contributed by atoms with Crippen molar-refractivity contribution >= 4 is 32.7 Å². The fourth-order valence-electron chi connectivity index (χ4n) is 3.22. The summed E-state index contributed by atoms with van der Waals surface area (Å²) in [6.07, 6.45) is 6.03. The van der Waals surface area contributed by atoms with Crippen molar-refractivity contribution in [2.45, 2.75) is 12.5 Å². The first-order valence-electron chi connectivity index (χ1n) is 7.96. The number of benzene rings is 1. The molecule has 0 spiro atoms. The molecule has 1 saturated heterocycles. The molecular weight excluding hydrogens is 370 g/mol. The third kappa shape index (κ3) is 2.97. The number of fused-ring (bicyclic) bond motifs is 1. The Kier molecular flexibility index (Phi) is 4.12. The second kappa shape index (κ2) is 6.41. The molecule has 1 aliphatic heterocycles. The molecule has 3 N–H and O–H groups in total. The van der Waals surface area contributed by atoms with Gasteiger partial charge in [0.15, 0.2) is 0 Å². The van der Waals surface area contributed by atoms with Crippen molar-refractivity contribution in [3.63, 3.8) is 0 Å². The van der Waals surface area contributed by atoms with Crippen molar-refractivity contribution in [1.29, 1.82) is 0 Å². The Morgan fingerprint density at radius 3 is 3.12 bits per heavy atom. The van der Waals surface area contributed by atoms with Crippen LogP contribution in [0.3, 0.4) is 0 Å². The monoisotopic (exact) mass is 387 g/mol. The number of aromatic nitrogens is 3. The molecule has 0 bridgehead atoms. The highest BCUT2D eigenvalue weighted by Crippen LogP contribution is 2.24. The van der Waals surface area contributed by atoms with Gasteiger partial charge in [0.2, 0.25) is 5.91 Å². The molecule has 0 saturated carbocycles. The fraction of sp³-hybridized carbons (Fsp3) is 0.294. The summed E-state index contributed by atoms with van der Waals surface area (Å²) in [6, 6.07) is 6.21. The topological polar surface area (TPSA) is 76.8 Å². The first-order valence-corrected chi connectivity index (χ1v) is 8.75. The Morgan fingerprint density at radius 2 is 2.29 bits per heavy atom. The summed E-state index contributed by atoms with van der Waals surface area (Å²) in [4.78, 5) is 17.9. The average Bonchev–Trinajstić information content (AvgIpc) is 3.25. The molecule has 1 atom stereocenters. The number of rotatable bonds is 3. The maximum Gasteiger partial charge on any atom is 0.227 e. The maximum atomic E-state index is 12.8. The molecule has 4 rings (SSSR count). The Bertz CT molecular complexity index is 857. The van der Waals surface area contributed by atoms with E-state index in [0.717, 1.165) is 39.6 Å². The van der Waals surface area contributed by atoms with Crippen LogP contribution in [0.15, 0.2) is 41.3 Å². The van der Waals surface area contributed by atoms with Gasteiger partial charge in [-0.1, -0.05) is 15.9 Å². The molecule has 7 heteroatoms. The zero-order valence-electron chi connectivity index (χ0n) is 13.1. The van der Waals surface area contributed by atoms with Gasteiger partial charge in [0.1, 0.15) is 0 Å². The number of carbonyl (C=O) groups is 1. The molecule has 1 aliphatic rings. The molecule has 2 aromatic heterocycles. The van der Waals surface area contributed by atoms with Crippen LogP contribution in [0.2, 0.25) is 0 Å². The van der Waals surface area contributed by atoms with Gasteiger partial charge in [-0.2, -0.15) is 5.10 Å². The smallest absolute Gasteiger partial charge is 0.227 e. The molecule has 24 heavy (non-hydrogen) atoms. The standard InChI is InChI=1S/C17H18BrN5O/c18-13-1-2-15-14(6-13)11(7-20-15)5-17(24)23-4-3-19-16(10-23)12-8-21-22-9-12/h1-2,6-9,16,19-20H,3-5,10H2,(H,21,22). The van der Waals surface area contributed by atoms with E-state index in [1.165, 1.54) is 0 Å². The van der Waals surface area contributed by atoms with Crippen LogP contribution in [0, 0.1) is 0 Å². The van der Waals surface area contributed by atoms with Crippen molar-refractivity contribution in [3.05, 3.63) is 52.4 Å². The Hall–Kier alpha value is -2.12. The van der Waals surface area contributed by atoms with Crippen LogP contribution in [-0.4, -0.2) is 45.6 Å². The van der Waals surface area contributed by atoms with Crippen LogP contribution in [-0.2, 0) is 11.2 Å². The summed E-state index contributed by atoms with van der Waals surface area (Å²) in [5.74, 6) is 0.158. The molecule has 1 unspecified atom stereocenters. The van der Waals surface area contributed by atoms with Crippen LogP contribution in [0.25, 0.3) is 10.9 Å². The third-order valence-electron chi connectivity index (χ3n) is 4.52.